The quantitative estimate of drug-likeness (QED) is 0.337. The van der Waals surface area contributed by atoms with Crippen molar-refractivity contribution in [3.8, 4) is 0 Å². The van der Waals surface area contributed by atoms with Crippen LogP contribution in [0.15, 0.2) is 36.4 Å². The van der Waals surface area contributed by atoms with E-state index in [1.807, 2.05) is 32.9 Å². The van der Waals surface area contributed by atoms with Gasteiger partial charge in [0.2, 0.25) is 11.8 Å². The van der Waals surface area contributed by atoms with Gasteiger partial charge in [0, 0.05) is 27.2 Å². The van der Waals surface area contributed by atoms with Gasteiger partial charge in [-0.1, -0.05) is 61.7 Å². The second-order valence-corrected chi connectivity index (χ2v) is 12.3. The van der Waals surface area contributed by atoms with Crippen LogP contribution in [0.5, 0.6) is 0 Å². The molecule has 0 saturated carbocycles. The van der Waals surface area contributed by atoms with Crippen LogP contribution in [0, 0.1) is 13.8 Å². The molecule has 0 heterocycles. The molecule has 210 valence electrons. The van der Waals surface area contributed by atoms with Crippen molar-refractivity contribution < 1.29 is 18.0 Å². The van der Waals surface area contributed by atoms with E-state index >= 15 is 0 Å². The van der Waals surface area contributed by atoms with Crippen molar-refractivity contribution in [2.75, 3.05) is 31.5 Å². The summed E-state index contributed by atoms with van der Waals surface area (Å²) in [6, 6.07) is 9.63. The first-order valence-corrected chi connectivity index (χ1v) is 14.8. The number of hydrogen-bond donors (Lipinski definition) is 1. The normalized spacial score (nSPS) is 12.3. The molecule has 2 rings (SSSR count). The molecular weight excluding hydrogens is 547 g/mol. The predicted molar refractivity (Wildman–Crippen MR) is 155 cm³/mol. The van der Waals surface area contributed by atoms with Crippen LogP contribution in [0.1, 0.15) is 49.8 Å². The fourth-order valence-corrected chi connectivity index (χ4v) is 5.38. The van der Waals surface area contributed by atoms with Gasteiger partial charge in [-0.25, -0.2) is 4.31 Å². The average Bonchev–Trinajstić information content (AvgIpc) is 2.86. The zero-order valence-corrected chi connectivity index (χ0v) is 25.3. The second-order valence-electron chi connectivity index (χ2n) is 9.43. The van der Waals surface area contributed by atoms with E-state index in [-0.39, 0.29) is 12.5 Å². The van der Waals surface area contributed by atoms with Gasteiger partial charge in [-0.2, -0.15) is 12.7 Å². The largest absolute Gasteiger partial charge is 0.354 e. The van der Waals surface area contributed by atoms with Crippen LogP contribution in [-0.2, 0) is 26.3 Å². The van der Waals surface area contributed by atoms with E-state index in [1.54, 1.807) is 31.2 Å². The van der Waals surface area contributed by atoms with E-state index in [1.165, 1.54) is 19.0 Å². The Labute approximate surface area is 237 Å². The Kier molecular flexibility index (Phi) is 11.9. The summed E-state index contributed by atoms with van der Waals surface area (Å²) in [5.74, 6) is -0.803. The highest BCUT2D eigenvalue weighted by molar-refractivity contribution is 7.90. The number of rotatable bonds is 13. The van der Waals surface area contributed by atoms with Gasteiger partial charge in [0.1, 0.15) is 12.6 Å². The van der Waals surface area contributed by atoms with Gasteiger partial charge in [-0.3, -0.25) is 9.59 Å². The number of benzene rings is 2. The molecule has 1 N–H and O–H groups in total. The molecule has 2 aromatic rings. The summed E-state index contributed by atoms with van der Waals surface area (Å²) in [5, 5.41) is 3.60. The van der Waals surface area contributed by atoms with Crippen LogP contribution in [0.3, 0.4) is 0 Å². The van der Waals surface area contributed by atoms with E-state index in [4.69, 9.17) is 23.2 Å². The smallest absolute Gasteiger partial charge is 0.304 e. The average molecular weight is 586 g/mol. The van der Waals surface area contributed by atoms with Crippen molar-refractivity contribution in [2.24, 2.45) is 0 Å². The van der Waals surface area contributed by atoms with Gasteiger partial charge in [-0.15, -0.1) is 0 Å². The molecule has 0 unspecified atom stereocenters. The van der Waals surface area contributed by atoms with Crippen molar-refractivity contribution >= 4 is 50.9 Å². The van der Waals surface area contributed by atoms with E-state index in [0.717, 1.165) is 27.0 Å². The Hall–Kier alpha value is -2.33. The van der Waals surface area contributed by atoms with Crippen LogP contribution in [0.25, 0.3) is 0 Å². The van der Waals surface area contributed by atoms with Crippen LogP contribution >= 0.6 is 23.2 Å². The molecule has 2 amide bonds. The lowest BCUT2D eigenvalue weighted by Gasteiger charge is -2.34. The zero-order chi connectivity index (χ0) is 28.6. The molecule has 1 atom stereocenters. The first-order chi connectivity index (χ1) is 17.8. The third-order valence-electron chi connectivity index (χ3n) is 6.20. The van der Waals surface area contributed by atoms with Gasteiger partial charge in [0.15, 0.2) is 0 Å². The summed E-state index contributed by atoms with van der Waals surface area (Å²) in [5.41, 5.74) is 2.63. The summed E-state index contributed by atoms with van der Waals surface area (Å²) in [6.45, 7) is 7.55. The Bertz CT molecular complexity index is 1240. The fourth-order valence-electron chi connectivity index (χ4n) is 3.95. The Balaban J connectivity index is 2.54. The molecule has 2 aromatic carbocycles. The Morgan fingerprint density at radius 1 is 1.00 bits per heavy atom. The number of nitrogens with zero attached hydrogens (tertiary/aromatic N) is 3. The molecule has 38 heavy (non-hydrogen) atoms. The minimum Gasteiger partial charge on any atom is -0.354 e. The highest BCUT2D eigenvalue weighted by Crippen LogP contribution is 2.27. The molecule has 11 heteroatoms. The predicted octanol–water partition coefficient (Wildman–Crippen LogP) is 4.95. The molecule has 0 aliphatic carbocycles. The zero-order valence-electron chi connectivity index (χ0n) is 22.9. The Morgan fingerprint density at radius 3 is 2.26 bits per heavy atom. The second kappa shape index (κ2) is 14.2. The highest BCUT2D eigenvalue weighted by Gasteiger charge is 2.34. The maximum atomic E-state index is 13.9. The highest BCUT2D eigenvalue weighted by atomic mass is 35.5. The molecule has 0 saturated heterocycles. The van der Waals surface area contributed by atoms with E-state index < -0.39 is 28.7 Å². The summed E-state index contributed by atoms with van der Waals surface area (Å²) >= 11 is 12.3. The van der Waals surface area contributed by atoms with Gasteiger partial charge in [0.25, 0.3) is 0 Å². The SMILES string of the molecule is CCCCNC(=O)[C@H](CC)N(Cc1ccc(Cl)c(Cl)c1)C(=O)CN(c1cc(C)ccc1C)S(=O)(=O)N(C)C. The van der Waals surface area contributed by atoms with Gasteiger partial charge < -0.3 is 10.2 Å². The van der Waals surface area contributed by atoms with Gasteiger partial charge in [-0.05, 0) is 61.6 Å². The number of hydrogen-bond acceptors (Lipinski definition) is 4. The summed E-state index contributed by atoms with van der Waals surface area (Å²) < 4.78 is 29.0. The molecule has 0 spiro atoms. The van der Waals surface area contributed by atoms with Gasteiger partial charge >= 0.3 is 10.2 Å². The molecule has 0 bridgehead atoms. The lowest BCUT2D eigenvalue weighted by atomic mass is 10.1. The van der Waals surface area contributed by atoms with Crippen molar-refractivity contribution in [3.05, 3.63) is 63.1 Å². The van der Waals surface area contributed by atoms with Crippen molar-refractivity contribution in [3.63, 3.8) is 0 Å². The summed E-state index contributed by atoms with van der Waals surface area (Å²) in [6.07, 6.45) is 2.06. The number of carbonyl (C=O) groups is 2. The minimum absolute atomic E-state index is 0.0536. The summed E-state index contributed by atoms with van der Waals surface area (Å²) in [4.78, 5) is 28.5. The van der Waals surface area contributed by atoms with Crippen LogP contribution in [0.2, 0.25) is 10.0 Å². The number of unbranched alkanes of at least 4 members (excludes halogenated alkanes) is 1. The number of halogens is 2. The molecule has 0 radical (unpaired) electrons. The minimum atomic E-state index is -4.04. The molecule has 8 nitrogen and oxygen atoms in total. The number of carbonyl (C=O) groups excluding carboxylic acids is 2. The van der Waals surface area contributed by atoms with Crippen LogP contribution < -0.4 is 9.62 Å². The van der Waals surface area contributed by atoms with Crippen molar-refractivity contribution in [2.45, 2.75) is 59.5 Å². The molecule has 0 aliphatic rings. The molecule has 0 fully saturated rings. The number of anilines is 1. The third kappa shape index (κ3) is 8.09. The fraction of sp³-hybridized carbons (Fsp3) is 0.481. The lowest BCUT2D eigenvalue weighted by Crippen LogP contribution is -2.53. The monoisotopic (exact) mass is 584 g/mol. The van der Waals surface area contributed by atoms with Crippen molar-refractivity contribution in [1.82, 2.24) is 14.5 Å². The molecule has 0 aliphatic heterocycles. The Morgan fingerprint density at radius 2 is 1.68 bits per heavy atom. The number of nitrogens with one attached hydrogen (secondary N) is 1. The first-order valence-electron chi connectivity index (χ1n) is 12.6. The maximum Gasteiger partial charge on any atom is 0.304 e. The first kappa shape index (κ1) is 31.9. The molecule has 0 aromatic heterocycles. The third-order valence-corrected chi connectivity index (χ3v) is 8.75. The number of amides is 2. The van der Waals surface area contributed by atoms with E-state index in [9.17, 15) is 18.0 Å². The maximum absolute atomic E-state index is 13.9. The van der Waals surface area contributed by atoms with Crippen molar-refractivity contribution in [1.29, 1.82) is 0 Å². The van der Waals surface area contributed by atoms with E-state index in [0.29, 0.717) is 39.8 Å². The topological polar surface area (TPSA) is 90.0 Å². The van der Waals surface area contributed by atoms with Gasteiger partial charge in [0.05, 0.1) is 15.7 Å². The van der Waals surface area contributed by atoms with Crippen LogP contribution in [0.4, 0.5) is 5.69 Å². The molecular formula is C27H38Cl2N4O4S. The van der Waals surface area contributed by atoms with Crippen LogP contribution in [-0.4, -0.2) is 62.7 Å². The standard InChI is InChI=1S/C27H38Cl2N4O4S/c1-7-9-14-30-27(35)24(8-2)32(17-21-12-13-22(28)23(29)16-21)26(34)18-33(38(36,37)31(5)6)25-15-19(3)10-11-20(25)4/h10-13,15-16,24H,7-9,14,17-18H2,1-6H3,(H,30,35)/t24-/m0/s1. The number of aryl methyl sites for hydroxylation is 2. The van der Waals surface area contributed by atoms with E-state index in [2.05, 4.69) is 5.32 Å². The lowest BCUT2D eigenvalue weighted by molar-refractivity contribution is -0.140. The summed E-state index contributed by atoms with van der Waals surface area (Å²) in [7, 11) is -1.20.